The molecule has 0 atom stereocenters. The highest BCUT2D eigenvalue weighted by atomic mass is 127. The molecule has 6 nitrogen and oxygen atoms in total. The highest BCUT2D eigenvalue weighted by molar-refractivity contribution is 14.2. The third-order valence-electron chi connectivity index (χ3n) is 3.80. The van der Waals surface area contributed by atoms with E-state index in [1.165, 1.54) is 35.8 Å². The number of hydrogen-bond acceptors (Lipinski definition) is 4. The molecule has 0 unspecified atom stereocenters. The maximum Gasteiger partial charge on any atom is 0.416 e. The van der Waals surface area contributed by atoms with E-state index in [1.807, 2.05) is 0 Å². The zero-order valence-corrected chi connectivity index (χ0v) is 24.2. The van der Waals surface area contributed by atoms with Crippen LogP contribution in [0.4, 0.5) is 13.2 Å². The summed E-state index contributed by atoms with van der Waals surface area (Å²) < 4.78 is 39.8. The molecule has 1 heterocycles. The normalized spacial score (nSPS) is 10.8. The third kappa shape index (κ3) is 9.45. The van der Waals surface area contributed by atoms with Gasteiger partial charge in [-0.2, -0.15) is 18.0 Å². The highest BCUT2D eigenvalue weighted by Crippen LogP contribution is 2.29. The van der Waals surface area contributed by atoms with Crippen molar-refractivity contribution in [3.8, 4) is 0 Å². The summed E-state index contributed by atoms with van der Waals surface area (Å²) in [4.78, 5) is 13.6. The fraction of sp³-hybridized carbons (Fsp3) is 0.158. The van der Waals surface area contributed by atoms with E-state index in [9.17, 15) is 18.0 Å². The number of carbonyl (C=O) groups is 1. The number of aromatic nitrogens is 4. The minimum absolute atomic E-state index is 0.0680. The number of allylic oxidation sites excluding steroid dienone is 1. The van der Waals surface area contributed by atoms with E-state index in [1.54, 1.807) is 10.9 Å². The Morgan fingerprint density at radius 3 is 2.12 bits per heavy atom. The van der Waals surface area contributed by atoms with Crippen LogP contribution in [0.3, 0.4) is 0 Å². The van der Waals surface area contributed by atoms with Crippen molar-refractivity contribution >= 4 is 96.9 Å². The molecule has 176 valence electrons. The van der Waals surface area contributed by atoms with Gasteiger partial charge in [-0.3, -0.25) is 4.79 Å². The van der Waals surface area contributed by atoms with Crippen molar-refractivity contribution in [2.24, 2.45) is 0 Å². The summed E-state index contributed by atoms with van der Waals surface area (Å²) >= 11 is 18.6. The molecule has 0 aliphatic heterocycles. The smallest absolute Gasteiger partial charge is 0.348 e. The van der Waals surface area contributed by atoms with E-state index >= 15 is 0 Å². The molecule has 3 rings (SSSR count). The van der Waals surface area contributed by atoms with E-state index in [0.29, 0.717) is 12.1 Å². The molecular weight excluding hydrogens is 823 g/mol. The number of nitrogens with zero attached hydrogens (tertiary/aromatic N) is 4. The first-order valence-electron chi connectivity index (χ1n) is 8.77. The van der Waals surface area contributed by atoms with Crippen LogP contribution in [0.5, 0.6) is 0 Å². The molecule has 2 aromatic carbocycles. The standard InChI is InChI=1S/C15H10Cl2F3NO.C4H3I3N4/c16-11-2-1-3-12(17)13(11)14(22)21-8-9-4-6-10(7-5-9)15(18,19)20;5-3(4(6)7)1-11-9-2-8-10-11/h1-7H,8H2,(H,21,22);2H,1H2. The Morgan fingerprint density at radius 2 is 1.64 bits per heavy atom. The molecule has 0 radical (unpaired) electrons. The zero-order valence-electron chi connectivity index (χ0n) is 16.3. The third-order valence-corrected chi connectivity index (χ3v) is 8.68. The van der Waals surface area contributed by atoms with Crippen molar-refractivity contribution < 1.29 is 18.0 Å². The van der Waals surface area contributed by atoms with E-state index in [4.69, 9.17) is 23.2 Å². The quantitative estimate of drug-likeness (QED) is 0.279. The molecule has 0 aliphatic carbocycles. The van der Waals surface area contributed by atoms with E-state index in [0.717, 1.165) is 12.1 Å². The monoisotopic (exact) mass is 835 g/mol. The number of benzene rings is 2. The van der Waals surface area contributed by atoms with Crippen molar-refractivity contribution in [3.63, 3.8) is 0 Å². The van der Waals surface area contributed by atoms with Crippen molar-refractivity contribution in [2.75, 3.05) is 0 Å². The van der Waals surface area contributed by atoms with Crippen LogP contribution >= 0.6 is 91.0 Å². The molecular formula is C19H13Cl2F3I3N5O. The molecule has 0 bridgehead atoms. The van der Waals surface area contributed by atoms with Crippen LogP contribution in [0.25, 0.3) is 0 Å². The van der Waals surface area contributed by atoms with E-state index in [2.05, 4.69) is 88.5 Å². The molecule has 0 fully saturated rings. The maximum atomic E-state index is 12.4. The molecule has 0 aliphatic rings. The average Bonchev–Trinajstić information content (AvgIpc) is 3.25. The molecule has 14 heteroatoms. The highest BCUT2D eigenvalue weighted by Gasteiger charge is 2.29. The van der Waals surface area contributed by atoms with Gasteiger partial charge in [0, 0.05) is 10.1 Å². The molecule has 1 N–H and O–H groups in total. The number of hydrogen-bond donors (Lipinski definition) is 1. The number of tetrazole rings is 1. The lowest BCUT2D eigenvalue weighted by molar-refractivity contribution is -0.137. The van der Waals surface area contributed by atoms with Gasteiger partial charge in [0.15, 0.2) is 6.33 Å². The topological polar surface area (TPSA) is 72.7 Å². The fourth-order valence-corrected chi connectivity index (χ4v) is 3.46. The van der Waals surface area contributed by atoms with Gasteiger partial charge in [0.25, 0.3) is 5.91 Å². The molecule has 3 aromatic rings. The predicted molar refractivity (Wildman–Crippen MR) is 146 cm³/mol. The Hall–Kier alpha value is -0.720. The zero-order chi connectivity index (χ0) is 24.6. The first-order valence-corrected chi connectivity index (χ1v) is 12.8. The van der Waals surface area contributed by atoms with Crippen molar-refractivity contribution in [2.45, 2.75) is 19.3 Å². The van der Waals surface area contributed by atoms with Crippen LogP contribution in [0.1, 0.15) is 21.5 Å². The minimum atomic E-state index is -4.38. The van der Waals surface area contributed by atoms with Crippen molar-refractivity contribution in [1.29, 1.82) is 0 Å². The summed E-state index contributed by atoms with van der Waals surface area (Å²) in [6.45, 7) is 0.778. The van der Waals surface area contributed by atoms with E-state index < -0.39 is 17.6 Å². The summed E-state index contributed by atoms with van der Waals surface area (Å²) in [7, 11) is 0. The van der Waals surface area contributed by atoms with Gasteiger partial charge in [0.05, 0.1) is 29.3 Å². The van der Waals surface area contributed by atoms with Gasteiger partial charge in [-0.25, -0.2) is 0 Å². The molecule has 0 spiro atoms. The first kappa shape index (κ1) is 28.5. The van der Waals surface area contributed by atoms with Gasteiger partial charge in [-0.05, 0) is 103 Å². The molecule has 0 saturated heterocycles. The molecule has 0 saturated carbocycles. The van der Waals surface area contributed by atoms with Crippen LogP contribution in [0, 0.1) is 0 Å². The number of amides is 1. The van der Waals surface area contributed by atoms with Crippen LogP contribution in [-0.4, -0.2) is 26.1 Å². The summed E-state index contributed by atoms with van der Waals surface area (Å²) in [6.07, 6.45) is -2.95. The molecule has 1 amide bonds. The van der Waals surface area contributed by atoms with Gasteiger partial charge in [0.2, 0.25) is 0 Å². The Morgan fingerprint density at radius 1 is 1.03 bits per heavy atom. The van der Waals surface area contributed by atoms with Crippen LogP contribution in [0.15, 0.2) is 54.0 Å². The van der Waals surface area contributed by atoms with Gasteiger partial charge < -0.3 is 5.32 Å². The number of rotatable bonds is 5. The van der Waals surface area contributed by atoms with Gasteiger partial charge >= 0.3 is 6.18 Å². The number of halogens is 8. The maximum absolute atomic E-state index is 12.4. The lowest BCUT2D eigenvalue weighted by atomic mass is 10.1. The second-order valence-corrected chi connectivity index (χ2v) is 12.4. The summed E-state index contributed by atoms with van der Waals surface area (Å²) in [5.41, 5.74) is -0.0704. The van der Waals surface area contributed by atoms with Crippen molar-refractivity contribution in [3.05, 3.63) is 80.7 Å². The molecule has 33 heavy (non-hydrogen) atoms. The number of nitrogens with one attached hydrogen (secondary N) is 1. The Labute approximate surface area is 238 Å². The van der Waals surface area contributed by atoms with Gasteiger partial charge in [-0.15, -0.1) is 10.2 Å². The predicted octanol–water partition coefficient (Wildman–Crippen LogP) is 7.09. The number of alkyl halides is 3. The lowest BCUT2D eigenvalue weighted by Gasteiger charge is -2.10. The molecule has 1 aromatic heterocycles. The van der Waals surface area contributed by atoms with Crippen LogP contribution < -0.4 is 5.32 Å². The first-order chi connectivity index (χ1) is 15.5. The van der Waals surface area contributed by atoms with E-state index in [-0.39, 0.29) is 22.2 Å². The SMILES string of the molecule is IC(I)=C(I)Cn1ncnn1.O=C(NCc1ccc(C(F)(F)F)cc1)c1c(Cl)cccc1Cl. The fourth-order valence-electron chi connectivity index (χ4n) is 2.24. The number of carbonyl (C=O) groups excluding carboxylic acids is 1. The largest absolute Gasteiger partial charge is 0.416 e. The Bertz CT molecular complexity index is 1090. The Balaban J connectivity index is 0.000000294. The van der Waals surface area contributed by atoms with Gasteiger partial charge in [0.1, 0.15) is 0 Å². The Kier molecular flexibility index (Phi) is 11.6. The summed E-state index contributed by atoms with van der Waals surface area (Å²) in [5.74, 6) is -0.490. The van der Waals surface area contributed by atoms with Gasteiger partial charge in [-0.1, -0.05) is 41.4 Å². The average molecular weight is 836 g/mol. The van der Waals surface area contributed by atoms with Crippen molar-refractivity contribution in [1.82, 2.24) is 25.5 Å². The second-order valence-electron chi connectivity index (χ2n) is 6.11. The summed E-state index contributed by atoms with van der Waals surface area (Å²) in [5, 5.41) is 14.2. The van der Waals surface area contributed by atoms with Crippen LogP contribution in [-0.2, 0) is 19.3 Å². The van der Waals surface area contributed by atoms with Crippen LogP contribution in [0.2, 0.25) is 10.0 Å². The summed E-state index contributed by atoms with van der Waals surface area (Å²) in [6, 6.07) is 9.20. The minimum Gasteiger partial charge on any atom is -0.348 e. The second kappa shape index (κ2) is 13.4. The lowest BCUT2D eigenvalue weighted by Crippen LogP contribution is -2.23.